The maximum absolute atomic E-state index is 2.47. The molecule has 11 rings (SSSR count). The van der Waals surface area contributed by atoms with E-state index < -0.39 is 0 Å². The minimum absolute atomic E-state index is 1.23. The van der Waals surface area contributed by atoms with E-state index in [2.05, 4.69) is 170 Å². The van der Waals surface area contributed by atoms with Gasteiger partial charge in [0.15, 0.2) is 0 Å². The molecule has 1 aliphatic rings. The van der Waals surface area contributed by atoms with E-state index in [0.29, 0.717) is 0 Å². The summed E-state index contributed by atoms with van der Waals surface area (Å²) >= 11 is 3.78. The monoisotopic (exact) mass is 668 g/mol. The van der Waals surface area contributed by atoms with Crippen molar-refractivity contribution in [3.8, 4) is 66.8 Å². The second kappa shape index (κ2) is 10.9. The molecule has 0 amide bonds. The van der Waals surface area contributed by atoms with Crippen LogP contribution in [0, 0.1) is 0 Å². The van der Waals surface area contributed by atoms with Crippen LogP contribution in [0.5, 0.6) is 0 Å². The Balaban J connectivity index is 1.30. The second-order valence-electron chi connectivity index (χ2n) is 13.2. The molecule has 1 aliphatic carbocycles. The van der Waals surface area contributed by atoms with E-state index in [1.54, 1.807) is 0 Å². The molecule has 0 fully saturated rings. The van der Waals surface area contributed by atoms with Gasteiger partial charge in [0, 0.05) is 45.9 Å². The first kappa shape index (κ1) is 28.1. The van der Waals surface area contributed by atoms with Crippen LogP contribution in [-0.2, 0) is 0 Å². The number of hydrogen-bond acceptors (Lipinski definition) is 2. The van der Waals surface area contributed by atoms with E-state index in [1.165, 1.54) is 107 Å². The lowest BCUT2D eigenvalue weighted by Gasteiger charge is -2.26. The maximum Gasteiger partial charge on any atom is 0.0434 e. The number of thiophene rings is 2. The van der Waals surface area contributed by atoms with Crippen LogP contribution in [-0.4, -0.2) is 0 Å². The van der Waals surface area contributed by atoms with E-state index in [9.17, 15) is 0 Å². The van der Waals surface area contributed by atoms with Crippen LogP contribution in [0.1, 0.15) is 0 Å². The third kappa shape index (κ3) is 4.10. The highest BCUT2D eigenvalue weighted by molar-refractivity contribution is 7.26. The van der Waals surface area contributed by atoms with Gasteiger partial charge in [0.05, 0.1) is 0 Å². The highest BCUT2D eigenvalue weighted by atomic mass is 32.1. The van der Waals surface area contributed by atoms with Crippen LogP contribution in [0.25, 0.3) is 107 Å². The van der Waals surface area contributed by atoms with Crippen molar-refractivity contribution in [2.24, 2.45) is 0 Å². The van der Waals surface area contributed by atoms with E-state index >= 15 is 0 Å². The van der Waals surface area contributed by atoms with Crippen molar-refractivity contribution in [1.82, 2.24) is 0 Å². The maximum atomic E-state index is 2.47. The SMILES string of the molecule is c1ccc2c(c1)-c1ccccc1-c1cc(-c3ccc4sc5ccccc5c4c3)cc(-c3cccc4c3sc3ccccc34)c1-c1ccccc1-2. The van der Waals surface area contributed by atoms with Crippen LogP contribution < -0.4 is 0 Å². The van der Waals surface area contributed by atoms with Crippen LogP contribution >= 0.6 is 22.7 Å². The predicted octanol–water partition coefficient (Wildman–Crippen LogP) is 14.7. The molecule has 0 saturated carbocycles. The summed E-state index contributed by atoms with van der Waals surface area (Å²) in [7, 11) is 0. The summed E-state index contributed by atoms with van der Waals surface area (Å²) in [5, 5.41) is 5.29. The van der Waals surface area contributed by atoms with Crippen LogP contribution in [0.4, 0.5) is 0 Å². The van der Waals surface area contributed by atoms with Crippen molar-refractivity contribution in [1.29, 1.82) is 0 Å². The van der Waals surface area contributed by atoms with E-state index in [-0.39, 0.29) is 0 Å². The molecule has 232 valence electrons. The average Bonchev–Trinajstić information content (AvgIpc) is 3.75. The van der Waals surface area contributed by atoms with Gasteiger partial charge in [-0.3, -0.25) is 0 Å². The number of rotatable bonds is 2. The van der Waals surface area contributed by atoms with Gasteiger partial charge in [-0.05, 0) is 97.6 Å². The zero-order valence-corrected chi connectivity index (χ0v) is 28.6. The Kier molecular flexibility index (Phi) is 6.09. The molecule has 0 spiro atoms. The molecule has 8 aromatic carbocycles. The minimum atomic E-state index is 1.23. The third-order valence-corrected chi connectivity index (χ3v) is 12.8. The standard InChI is InChI=1S/C48H28S2/c1-2-13-32-31(12-1)33-14-3-4-16-35(33)42-27-30(29-24-25-46-41(26-29)37-18-8-9-22-44(37)49-46)28-43(47(42)38-19-6-5-15-34(32)38)40-21-11-20-39-36-17-7-10-23-45(36)50-48(39)40/h1-28H. The summed E-state index contributed by atoms with van der Waals surface area (Å²) < 4.78 is 5.32. The molecular formula is C48H28S2. The quantitative estimate of drug-likeness (QED) is 0.172. The van der Waals surface area contributed by atoms with Gasteiger partial charge < -0.3 is 0 Å². The van der Waals surface area contributed by atoms with E-state index in [0.717, 1.165) is 0 Å². The van der Waals surface area contributed by atoms with Gasteiger partial charge in [0.2, 0.25) is 0 Å². The lowest BCUT2D eigenvalue weighted by Crippen LogP contribution is -1.99. The molecule has 0 aliphatic heterocycles. The van der Waals surface area contributed by atoms with Crippen LogP contribution in [0.15, 0.2) is 170 Å². The Hall–Kier alpha value is -5.80. The molecule has 0 radical (unpaired) electrons. The van der Waals surface area contributed by atoms with Crippen molar-refractivity contribution < 1.29 is 0 Å². The smallest absolute Gasteiger partial charge is 0.0434 e. The second-order valence-corrected chi connectivity index (χ2v) is 15.3. The highest BCUT2D eigenvalue weighted by Crippen LogP contribution is 2.53. The molecule has 2 aromatic heterocycles. The van der Waals surface area contributed by atoms with Gasteiger partial charge >= 0.3 is 0 Å². The Morgan fingerprint density at radius 1 is 0.260 bits per heavy atom. The Bertz CT molecular complexity index is 2990. The predicted molar refractivity (Wildman–Crippen MR) is 218 cm³/mol. The van der Waals surface area contributed by atoms with Gasteiger partial charge in [-0.1, -0.05) is 133 Å². The van der Waals surface area contributed by atoms with E-state index in [4.69, 9.17) is 0 Å². The summed E-state index contributed by atoms with van der Waals surface area (Å²) in [6, 6.07) is 63.4. The van der Waals surface area contributed by atoms with Gasteiger partial charge in [-0.2, -0.15) is 0 Å². The highest BCUT2D eigenvalue weighted by Gasteiger charge is 2.26. The summed E-state index contributed by atoms with van der Waals surface area (Å²) in [6.45, 7) is 0. The summed E-state index contributed by atoms with van der Waals surface area (Å²) in [5.74, 6) is 0. The fraction of sp³-hybridized carbons (Fsp3) is 0. The molecule has 0 bridgehead atoms. The van der Waals surface area contributed by atoms with Crippen LogP contribution in [0.3, 0.4) is 0 Å². The zero-order chi connectivity index (χ0) is 32.8. The first-order chi connectivity index (χ1) is 24.8. The first-order valence-electron chi connectivity index (χ1n) is 17.1. The zero-order valence-electron chi connectivity index (χ0n) is 27.0. The Morgan fingerprint density at radius 2 is 0.720 bits per heavy atom. The molecule has 50 heavy (non-hydrogen) atoms. The first-order valence-corrected chi connectivity index (χ1v) is 18.7. The van der Waals surface area contributed by atoms with Crippen molar-refractivity contribution in [3.63, 3.8) is 0 Å². The van der Waals surface area contributed by atoms with Gasteiger partial charge in [-0.15, -0.1) is 22.7 Å². The third-order valence-electron chi connectivity index (χ3n) is 10.5. The number of fused-ring (bicyclic) bond motifs is 14. The molecule has 10 aromatic rings. The van der Waals surface area contributed by atoms with Gasteiger partial charge in [0.1, 0.15) is 0 Å². The summed E-state index contributed by atoms with van der Waals surface area (Å²) in [5.41, 5.74) is 15.2. The van der Waals surface area contributed by atoms with Gasteiger partial charge in [0.25, 0.3) is 0 Å². The number of hydrogen-bond donors (Lipinski definition) is 0. The number of benzene rings is 8. The molecule has 0 atom stereocenters. The molecule has 0 N–H and O–H groups in total. The minimum Gasteiger partial charge on any atom is -0.135 e. The lowest BCUT2D eigenvalue weighted by molar-refractivity contribution is 1.51. The normalized spacial score (nSPS) is 12.0. The Labute approximate surface area is 298 Å². The molecule has 0 saturated heterocycles. The largest absolute Gasteiger partial charge is 0.135 e. The van der Waals surface area contributed by atoms with Crippen molar-refractivity contribution in [2.45, 2.75) is 0 Å². The lowest BCUT2D eigenvalue weighted by atomic mass is 9.77. The molecule has 0 unspecified atom stereocenters. The van der Waals surface area contributed by atoms with E-state index in [1.807, 2.05) is 22.7 Å². The Morgan fingerprint density at radius 3 is 1.40 bits per heavy atom. The molecule has 0 nitrogen and oxygen atoms in total. The molecule has 2 heterocycles. The van der Waals surface area contributed by atoms with Crippen LogP contribution in [0.2, 0.25) is 0 Å². The fourth-order valence-electron chi connectivity index (χ4n) is 8.23. The summed E-state index contributed by atoms with van der Waals surface area (Å²) in [6.07, 6.45) is 0. The summed E-state index contributed by atoms with van der Waals surface area (Å²) in [4.78, 5) is 0. The van der Waals surface area contributed by atoms with Crippen molar-refractivity contribution in [3.05, 3.63) is 170 Å². The topological polar surface area (TPSA) is 0 Å². The van der Waals surface area contributed by atoms with Crippen molar-refractivity contribution in [2.75, 3.05) is 0 Å². The fourth-order valence-corrected chi connectivity index (χ4v) is 10.5. The average molecular weight is 669 g/mol. The molecular weight excluding hydrogens is 641 g/mol. The van der Waals surface area contributed by atoms with Crippen molar-refractivity contribution >= 4 is 63.0 Å². The van der Waals surface area contributed by atoms with Gasteiger partial charge in [-0.25, -0.2) is 0 Å². The molecule has 2 heteroatoms.